The highest BCUT2D eigenvalue weighted by atomic mass is 28.3. The molecule has 1 heteroatoms. The fraction of sp³-hybridized carbons (Fsp3) is 0.263. The lowest BCUT2D eigenvalue weighted by Gasteiger charge is -2.32. The highest BCUT2D eigenvalue weighted by Gasteiger charge is 2.42. The topological polar surface area (TPSA) is 0 Å². The monoisotopic (exact) mass is 524 g/mol. The standard InChI is InChI=1S/C38H40Si/c1-7-27-15-19-29(20-16-27)33-13-9-11-31-23-25(3)37(35(31)33)39(5,6)38-26(4)24-32-12-10-14-34(36(32)38)30-21-17-28(8-2)18-22-30/h9-22H,7-8,23-24H2,1-6H3. The molecule has 0 bridgehead atoms. The van der Waals surface area contributed by atoms with Crippen molar-refractivity contribution in [3.05, 3.63) is 129 Å². The molecule has 0 N–H and O–H groups in total. The SMILES string of the molecule is CCc1ccc(-c2cccc3c2C([Si](C)(C)C2=C(C)Cc4cccc(-c5ccc(CC)cc5)c42)=C(C)C3)cc1. The Morgan fingerprint density at radius 2 is 0.923 bits per heavy atom. The minimum atomic E-state index is -2.07. The lowest BCUT2D eigenvalue weighted by molar-refractivity contribution is 1.14. The molecule has 0 aliphatic heterocycles. The second-order valence-corrected chi connectivity index (χ2v) is 16.3. The van der Waals surface area contributed by atoms with Gasteiger partial charge in [0.2, 0.25) is 0 Å². The summed E-state index contributed by atoms with van der Waals surface area (Å²) in [4.78, 5) is 0. The summed E-state index contributed by atoms with van der Waals surface area (Å²) in [5.74, 6) is 0. The summed E-state index contributed by atoms with van der Waals surface area (Å²) in [6.45, 7) is 14.5. The van der Waals surface area contributed by atoms with Crippen LogP contribution in [0.15, 0.2) is 96.1 Å². The Hall–Kier alpha value is -3.42. The molecule has 0 aromatic heterocycles. The molecular formula is C38H40Si. The first-order chi connectivity index (χ1) is 18.8. The highest BCUT2D eigenvalue weighted by molar-refractivity contribution is 7.09. The Bertz CT molecular complexity index is 1500. The smallest absolute Gasteiger partial charge is 0.0686 e. The summed E-state index contributed by atoms with van der Waals surface area (Å²) < 4.78 is 0. The van der Waals surface area contributed by atoms with E-state index in [4.69, 9.17) is 0 Å². The Labute approximate surface area is 236 Å². The molecule has 0 atom stereocenters. The molecule has 0 nitrogen and oxygen atoms in total. The van der Waals surface area contributed by atoms with Crippen molar-refractivity contribution >= 4 is 18.5 Å². The van der Waals surface area contributed by atoms with Crippen LogP contribution in [0, 0.1) is 0 Å². The molecule has 0 saturated heterocycles. The molecule has 0 saturated carbocycles. The zero-order valence-corrected chi connectivity index (χ0v) is 25.4. The summed E-state index contributed by atoms with van der Waals surface area (Å²) in [7, 11) is -2.07. The van der Waals surface area contributed by atoms with E-state index in [0.29, 0.717) is 0 Å². The average Bonchev–Trinajstić information content (AvgIpc) is 3.49. The van der Waals surface area contributed by atoms with Crippen LogP contribution in [0.1, 0.15) is 61.1 Å². The third-order valence-electron chi connectivity index (χ3n) is 9.16. The molecule has 0 fully saturated rings. The van der Waals surface area contributed by atoms with Crippen LogP contribution in [-0.2, 0) is 25.7 Å². The molecule has 4 aromatic carbocycles. The normalized spacial score (nSPS) is 14.7. The van der Waals surface area contributed by atoms with E-state index in [1.54, 1.807) is 21.5 Å². The van der Waals surface area contributed by atoms with E-state index in [9.17, 15) is 0 Å². The van der Waals surface area contributed by atoms with Crippen LogP contribution in [0.4, 0.5) is 0 Å². The van der Waals surface area contributed by atoms with Gasteiger partial charge in [-0.15, -0.1) is 0 Å². The molecule has 2 aliphatic rings. The maximum absolute atomic E-state index is 2.61. The fourth-order valence-corrected chi connectivity index (χ4v) is 11.8. The van der Waals surface area contributed by atoms with Gasteiger partial charge in [-0.05, 0) is 106 Å². The minimum Gasteiger partial charge on any atom is -0.0686 e. The van der Waals surface area contributed by atoms with Crippen LogP contribution in [0.3, 0.4) is 0 Å². The first-order valence-electron chi connectivity index (χ1n) is 14.7. The molecule has 0 heterocycles. The van der Waals surface area contributed by atoms with Gasteiger partial charge in [-0.1, -0.05) is 123 Å². The van der Waals surface area contributed by atoms with E-state index in [2.05, 4.69) is 126 Å². The van der Waals surface area contributed by atoms with Gasteiger partial charge in [-0.3, -0.25) is 0 Å². The van der Waals surface area contributed by atoms with Crippen molar-refractivity contribution in [2.75, 3.05) is 0 Å². The number of hydrogen-bond acceptors (Lipinski definition) is 0. The molecule has 0 spiro atoms. The van der Waals surface area contributed by atoms with Gasteiger partial charge in [-0.2, -0.15) is 0 Å². The largest absolute Gasteiger partial charge is 0.113 e. The highest BCUT2D eigenvalue weighted by Crippen LogP contribution is 2.52. The lowest BCUT2D eigenvalue weighted by atomic mass is 9.96. The van der Waals surface area contributed by atoms with Crippen molar-refractivity contribution in [2.45, 2.75) is 66.5 Å². The van der Waals surface area contributed by atoms with Crippen LogP contribution in [-0.4, -0.2) is 8.07 Å². The summed E-state index contributed by atoms with van der Waals surface area (Å²) in [6, 6.07) is 32.5. The summed E-state index contributed by atoms with van der Waals surface area (Å²) in [6.07, 6.45) is 4.30. The summed E-state index contributed by atoms with van der Waals surface area (Å²) >= 11 is 0. The first-order valence-corrected chi connectivity index (χ1v) is 17.7. The van der Waals surface area contributed by atoms with Crippen molar-refractivity contribution in [3.63, 3.8) is 0 Å². The maximum Gasteiger partial charge on any atom is 0.113 e. The Morgan fingerprint density at radius 3 is 1.28 bits per heavy atom. The van der Waals surface area contributed by atoms with Crippen LogP contribution in [0.2, 0.25) is 13.1 Å². The van der Waals surface area contributed by atoms with Crippen molar-refractivity contribution in [1.29, 1.82) is 0 Å². The number of hydrogen-bond donors (Lipinski definition) is 0. The van der Waals surface area contributed by atoms with Crippen molar-refractivity contribution < 1.29 is 0 Å². The minimum absolute atomic E-state index is 1.07. The van der Waals surface area contributed by atoms with Crippen LogP contribution in [0.25, 0.3) is 32.6 Å². The van der Waals surface area contributed by atoms with Gasteiger partial charge < -0.3 is 0 Å². The van der Waals surface area contributed by atoms with Crippen molar-refractivity contribution in [3.8, 4) is 22.3 Å². The molecule has 2 aliphatic carbocycles. The molecule has 39 heavy (non-hydrogen) atoms. The predicted octanol–water partition coefficient (Wildman–Crippen LogP) is 10.3. The Balaban J connectivity index is 1.51. The van der Waals surface area contributed by atoms with Gasteiger partial charge in [0, 0.05) is 0 Å². The van der Waals surface area contributed by atoms with Gasteiger partial charge in [0.1, 0.15) is 8.07 Å². The van der Waals surface area contributed by atoms with Gasteiger partial charge >= 0.3 is 0 Å². The lowest BCUT2D eigenvalue weighted by Crippen LogP contribution is -2.31. The van der Waals surface area contributed by atoms with Crippen LogP contribution in [0.5, 0.6) is 0 Å². The van der Waals surface area contributed by atoms with E-state index in [1.807, 2.05) is 0 Å². The average molecular weight is 525 g/mol. The van der Waals surface area contributed by atoms with Gasteiger partial charge in [0.15, 0.2) is 0 Å². The number of allylic oxidation sites excluding steroid dienone is 2. The Morgan fingerprint density at radius 1 is 0.538 bits per heavy atom. The second kappa shape index (κ2) is 9.95. The van der Waals surface area contributed by atoms with E-state index < -0.39 is 8.07 Å². The number of aryl methyl sites for hydroxylation is 2. The number of benzene rings is 4. The second-order valence-electron chi connectivity index (χ2n) is 12.1. The predicted molar refractivity (Wildman–Crippen MR) is 173 cm³/mol. The van der Waals surface area contributed by atoms with E-state index in [-0.39, 0.29) is 0 Å². The molecule has 4 aromatic rings. The Kier molecular flexibility index (Phi) is 6.59. The first kappa shape index (κ1) is 25.8. The van der Waals surface area contributed by atoms with Crippen molar-refractivity contribution in [2.24, 2.45) is 0 Å². The van der Waals surface area contributed by atoms with Crippen LogP contribution >= 0.6 is 0 Å². The number of fused-ring (bicyclic) bond motifs is 2. The molecular weight excluding hydrogens is 485 g/mol. The molecule has 0 unspecified atom stereocenters. The van der Waals surface area contributed by atoms with Crippen LogP contribution < -0.4 is 0 Å². The van der Waals surface area contributed by atoms with Gasteiger partial charge in [0.25, 0.3) is 0 Å². The summed E-state index contributed by atoms with van der Waals surface area (Å²) in [5, 5.41) is 3.32. The molecule has 6 rings (SSSR count). The third-order valence-corrected chi connectivity index (χ3v) is 13.0. The molecule has 0 amide bonds. The quantitative estimate of drug-likeness (QED) is 0.220. The zero-order valence-electron chi connectivity index (χ0n) is 24.4. The van der Waals surface area contributed by atoms with E-state index in [0.717, 1.165) is 25.7 Å². The summed E-state index contributed by atoms with van der Waals surface area (Å²) in [5.41, 5.74) is 17.5. The molecule has 0 radical (unpaired) electrons. The maximum atomic E-state index is 2.61. The van der Waals surface area contributed by atoms with Crippen molar-refractivity contribution in [1.82, 2.24) is 0 Å². The van der Waals surface area contributed by atoms with E-state index >= 15 is 0 Å². The van der Waals surface area contributed by atoms with E-state index in [1.165, 1.54) is 55.6 Å². The third kappa shape index (κ3) is 4.28. The van der Waals surface area contributed by atoms with Gasteiger partial charge in [-0.25, -0.2) is 0 Å². The zero-order chi connectivity index (χ0) is 27.3. The number of rotatable bonds is 6. The fourth-order valence-electron chi connectivity index (χ4n) is 7.40. The van der Waals surface area contributed by atoms with Gasteiger partial charge in [0.05, 0.1) is 0 Å². The molecule has 196 valence electrons.